The molecule has 2 fully saturated rings. The zero-order valence-corrected chi connectivity index (χ0v) is 19.8. The highest BCUT2D eigenvalue weighted by atomic mass is 32.2. The Labute approximate surface area is 207 Å². The predicted octanol–water partition coefficient (Wildman–Crippen LogP) is 4.31. The normalized spacial score (nSPS) is 17.4. The SMILES string of the molecule is O=C(COc1ccc(/C=C2/SC(=O)N(Cc3cccc4ccccc34)C2=O)cc1)N1CCOCC1. The Morgan fingerprint density at radius 1 is 0.971 bits per heavy atom. The lowest BCUT2D eigenvalue weighted by atomic mass is 10.0. The van der Waals surface area contributed by atoms with E-state index in [2.05, 4.69) is 0 Å². The van der Waals surface area contributed by atoms with Crippen molar-refractivity contribution in [2.75, 3.05) is 32.9 Å². The van der Waals surface area contributed by atoms with Crippen molar-refractivity contribution in [3.63, 3.8) is 0 Å². The highest BCUT2D eigenvalue weighted by Gasteiger charge is 2.35. The molecule has 7 nitrogen and oxygen atoms in total. The predicted molar refractivity (Wildman–Crippen MR) is 135 cm³/mol. The van der Waals surface area contributed by atoms with Crippen LogP contribution in [-0.4, -0.2) is 59.8 Å². The number of nitrogens with zero attached hydrogens (tertiary/aromatic N) is 2. The average Bonchev–Trinajstić information content (AvgIpc) is 3.16. The summed E-state index contributed by atoms with van der Waals surface area (Å²) in [7, 11) is 0. The van der Waals surface area contributed by atoms with Gasteiger partial charge in [-0.3, -0.25) is 19.3 Å². The zero-order valence-electron chi connectivity index (χ0n) is 19.0. The molecule has 178 valence electrons. The first-order valence-electron chi connectivity index (χ1n) is 11.4. The Hall–Kier alpha value is -3.62. The number of morpholine rings is 1. The average molecular weight is 489 g/mol. The van der Waals surface area contributed by atoms with Gasteiger partial charge in [-0.25, -0.2) is 0 Å². The molecule has 8 heteroatoms. The zero-order chi connectivity index (χ0) is 24.2. The van der Waals surface area contributed by atoms with E-state index in [0.29, 0.717) is 37.0 Å². The summed E-state index contributed by atoms with van der Waals surface area (Å²) in [5.41, 5.74) is 1.70. The van der Waals surface area contributed by atoms with Gasteiger partial charge in [0.2, 0.25) is 0 Å². The van der Waals surface area contributed by atoms with Crippen molar-refractivity contribution in [3.8, 4) is 5.75 Å². The minimum atomic E-state index is -0.302. The number of ether oxygens (including phenoxy) is 2. The molecule has 0 spiro atoms. The molecule has 3 aromatic rings. The molecule has 5 rings (SSSR count). The molecule has 0 aliphatic carbocycles. The Bertz CT molecular complexity index is 1290. The fraction of sp³-hybridized carbons (Fsp3) is 0.222. The summed E-state index contributed by atoms with van der Waals surface area (Å²) in [5, 5.41) is 1.82. The molecule has 0 atom stereocenters. The van der Waals surface area contributed by atoms with Crippen molar-refractivity contribution in [3.05, 3.63) is 82.8 Å². The second kappa shape index (κ2) is 10.3. The van der Waals surface area contributed by atoms with Gasteiger partial charge in [0.05, 0.1) is 24.7 Å². The minimum Gasteiger partial charge on any atom is -0.484 e. The van der Waals surface area contributed by atoms with Gasteiger partial charge in [-0.05, 0) is 51.9 Å². The first kappa shape index (κ1) is 23.1. The van der Waals surface area contributed by atoms with E-state index >= 15 is 0 Å². The van der Waals surface area contributed by atoms with Crippen LogP contribution in [0.15, 0.2) is 71.6 Å². The van der Waals surface area contributed by atoms with E-state index in [9.17, 15) is 14.4 Å². The lowest BCUT2D eigenvalue weighted by Gasteiger charge is -2.26. The minimum absolute atomic E-state index is 0.0353. The van der Waals surface area contributed by atoms with Gasteiger partial charge in [-0.2, -0.15) is 0 Å². The molecule has 2 heterocycles. The van der Waals surface area contributed by atoms with E-state index in [1.165, 1.54) is 4.90 Å². The van der Waals surface area contributed by atoms with E-state index in [1.54, 1.807) is 35.2 Å². The summed E-state index contributed by atoms with van der Waals surface area (Å²) in [4.78, 5) is 41.2. The lowest BCUT2D eigenvalue weighted by molar-refractivity contribution is -0.137. The Balaban J connectivity index is 1.23. The summed E-state index contributed by atoms with van der Waals surface area (Å²) < 4.78 is 10.9. The molecule has 2 aliphatic rings. The molecule has 3 amide bonds. The lowest BCUT2D eigenvalue weighted by Crippen LogP contribution is -2.42. The number of rotatable bonds is 6. The van der Waals surface area contributed by atoms with Gasteiger partial charge >= 0.3 is 0 Å². The van der Waals surface area contributed by atoms with Crippen LogP contribution in [0.4, 0.5) is 4.79 Å². The number of amides is 3. The van der Waals surface area contributed by atoms with Crippen molar-refractivity contribution in [1.29, 1.82) is 0 Å². The highest BCUT2D eigenvalue weighted by Crippen LogP contribution is 2.34. The van der Waals surface area contributed by atoms with Gasteiger partial charge in [0.1, 0.15) is 5.75 Å². The van der Waals surface area contributed by atoms with E-state index in [4.69, 9.17) is 9.47 Å². The van der Waals surface area contributed by atoms with Crippen LogP contribution in [0, 0.1) is 0 Å². The van der Waals surface area contributed by atoms with Crippen molar-refractivity contribution in [1.82, 2.24) is 9.80 Å². The molecule has 3 aromatic carbocycles. The first-order valence-corrected chi connectivity index (χ1v) is 12.2. The van der Waals surface area contributed by atoms with Gasteiger partial charge < -0.3 is 14.4 Å². The summed E-state index contributed by atoms with van der Waals surface area (Å²) in [6, 6.07) is 20.9. The third kappa shape index (κ3) is 5.23. The first-order chi connectivity index (χ1) is 17.1. The molecule has 0 aromatic heterocycles. The van der Waals surface area contributed by atoms with Gasteiger partial charge in [-0.1, -0.05) is 54.6 Å². The topological polar surface area (TPSA) is 76.2 Å². The Kier molecular flexibility index (Phi) is 6.83. The number of carbonyl (C=O) groups excluding carboxylic acids is 3. The molecule has 0 bridgehead atoms. The third-order valence-electron chi connectivity index (χ3n) is 5.99. The number of hydrogen-bond donors (Lipinski definition) is 0. The maximum Gasteiger partial charge on any atom is 0.293 e. The fourth-order valence-electron chi connectivity index (χ4n) is 4.10. The van der Waals surface area contributed by atoms with Crippen molar-refractivity contribution in [2.24, 2.45) is 0 Å². The van der Waals surface area contributed by atoms with Crippen LogP contribution in [0.25, 0.3) is 16.8 Å². The van der Waals surface area contributed by atoms with Crippen LogP contribution in [0.1, 0.15) is 11.1 Å². The smallest absolute Gasteiger partial charge is 0.293 e. The second-order valence-corrected chi connectivity index (χ2v) is 9.25. The largest absolute Gasteiger partial charge is 0.484 e. The summed E-state index contributed by atoms with van der Waals surface area (Å²) in [6.07, 6.45) is 1.71. The summed E-state index contributed by atoms with van der Waals surface area (Å²) in [5.74, 6) is 0.189. The molecule has 0 N–H and O–H groups in total. The van der Waals surface area contributed by atoms with Crippen LogP contribution >= 0.6 is 11.8 Å². The van der Waals surface area contributed by atoms with Gasteiger partial charge in [0.25, 0.3) is 17.1 Å². The van der Waals surface area contributed by atoms with Crippen LogP contribution in [0.2, 0.25) is 0 Å². The van der Waals surface area contributed by atoms with E-state index in [-0.39, 0.29) is 30.2 Å². The van der Waals surface area contributed by atoms with Crippen molar-refractivity contribution < 1.29 is 23.9 Å². The number of imide groups is 1. The molecule has 0 saturated carbocycles. The number of benzene rings is 3. The molecule has 2 aliphatic heterocycles. The summed E-state index contributed by atoms with van der Waals surface area (Å²) >= 11 is 0.942. The highest BCUT2D eigenvalue weighted by molar-refractivity contribution is 8.18. The number of hydrogen-bond acceptors (Lipinski definition) is 6. The van der Waals surface area contributed by atoms with Crippen molar-refractivity contribution >= 4 is 45.7 Å². The maximum atomic E-state index is 13.0. The quantitative estimate of drug-likeness (QED) is 0.481. The van der Waals surface area contributed by atoms with E-state index in [0.717, 1.165) is 33.7 Å². The number of thioether (sulfide) groups is 1. The molecule has 0 radical (unpaired) electrons. The molecular weight excluding hydrogens is 464 g/mol. The van der Waals surface area contributed by atoms with Gasteiger partial charge in [0, 0.05) is 13.1 Å². The molecular formula is C27H24N2O5S. The number of fused-ring (bicyclic) bond motifs is 1. The molecule has 2 saturated heterocycles. The van der Waals surface area contributed by atoms with E-state index in [1.807, 2.05) is 42.5 Å². The second-order valence-electron chi connectivity index (χ2n) is 8.26. The van der Waals surface area contributed by atoms with Crippen LogP contribution < -0.4 is 4.74 Å². The monoisotopic (exact) mass is 488 g/mol. The maximum absolute atomic E-state index is 13.0. The van der Waals surface area contributed by atoms with Crippen LogP contribution in [0.5, 0.6) is 5.75 Å². The standard InChI is InChI=1S/C27H24N2O5S/c30-25(28-12-14-33-15-13-28)18-34-22-10-8-19(9-11-22)16-24-26(31)29(27(32)35-24)17-21-6-3-5-20-4-1-2-7-23(20)21/h1-11,16H,12-15,17-18H2/b24-16+. The van der Waals surface area contributed by atoms with E-state index < -0.39 is 0 Å². The molecule has 35 heavy (non-hydrogen) atoms. The van der Waals surface area contributed by atoms with Gasteiger partial charge in [0.15, 0.2) is 6.61 Å². The van der Waals surface area contributed by atoms with Crippen LogP contribution in [0.3, 0.4) is 0 Å². The third-order valence-corrected chi connectivity index (χ3v) is 6.89. The molecule has 0 unspecified atom stereocenters. The summed E-state index contributed by atoms with van der Waals surface area (Å²) in [6.45, 7) is 2.45. The Morgan fingerprint density at radius 2 is 1.71 bits per heavy atom. The fourth-order valence-corrected chi connectivity index (χ4v) is 4.94. The van der Waals surface area contributed by atoms with Crippen LogP contribution in [-0.2, 0) is 20.9 Å². The van der Waals surface area contributed by atoms with Crippen molar-refractivity contribution in [2.45, 2.75) is 6.54 Å². The Morgan fingerprint density at radius 3 is 2.51 bits per heavy atom. The van der Waals surface area contributed by atoms with Gasteiger partial charge in [-0.15, -0.1) is 0 Å². The number of carbonyl (C=O) groups is 3.